The van der Waals surface area contributed by atoms with Crippen LogP contribution < -0.4 is 0 Å². The number of carbonyl (C=O) groups is 1. The quantitative estimate of drug-likeness (QED) is 0.842. The Hall–Kier alpha value is -2.21. The van der Waals surface area contributed by atoms with E-state index in [2.05, 4.69) is 45.4 Å². The summed E-state index contributed by atoms with van der Waals surface area (Å²) in [6.45, 7) is 8.51. The van der Waals surface area contributed by atoms with E-state index in [1.807, 2.05) is 30.4 Å². The normalized spacial score (nSPS) is 22.2. The summed E-state index contributed by atoms with van der Waals surface area (Å²) in [7, 11) is 2.01. The molecule has 2 fully saturated rings. The summed E-state index contributed by atoms with van der Waals surface area (Å²) in [5.74, 6) is 1.67. The Bertz CT molecular complexity index is 779. The number of aryl methyl sites for hydroxylation is 1. The molecule has 2 aromatic rings. The lowest BCUT2D eigenvalue weighted by Crippen LogP contribution is -2.62. The van der Waals surface area contributed by atoms with E-state index in [-0.39, 0.29) is 17.2 Å². The van der Waals surface area contributed by atoms with Crippen LogP contribution in [0.4, 0.5) is 0 Å². The third-order valence-electron chi connectivity index (χ3n) is 5.84. The van der Waals surface area contributed by atoms with Crippen molar-refractivity contribution in [1.29, 1.82) is 0 Å². The second kappa shape index (κ2) is 6.50. The third kappa shape index (κ3) is 2.92. The van der Waals surface area contributed by atoms with Crippen molar-refractivity contribution in [2.45, 2.75) is 26.3 Å². The van der Waals surface area contributed by atoms with Gasteiger partial charge in [0.2, 0.25) is 5.91 Å². The highest BCUT2D eigenvalue weighted by Crippen LogP contribution is 2.49. The molecule has 0 radical (unpaired) electrons. The van der Waals surface area contributed by atoms with Crippen molar-refractivity contribution in [1.82, 2.24) is 24.6 Å². The largest absolute Gasteiger partial charge is 0.341 e. The van der Waals surface area contributed by atoms with Crippen molar-refractivity contribution >= 4 is 5.91 Å². The smallest absolute Gasteiger partial charge is 0.225 e. The molecule has 0 aliphatic carbocycles. The predicted molar refractivity (Wildman–Crippen MR) is 99.3 cm³/mol. The summed E-state index contributed by atoms with van der Waals surface area (Å²) in [4.78, 5) is 16.9. The van der Waals surface area contributed by atoms with E-state index in [1.54, 1.807) is 6.33 Å². The van der Waals surface area contributed by atoms with E-state index in [1.165, 1.54) is 5.56 Å². The van der Waals surface area contributed by atoms with E-state index >= 15 is 0 Å². The molecular weight excluding hydrogens is 326 g/mol. The van der Waals surface area contributed by atoms with Crippen molar-refractivity contribution in [2.75, 3.05) is 26.2 Å². The standard InChI is InChI=1S/C20H27N5O/c1-15(2)19(26)25-12-20(13-25)11-24(9-16-7-5-4-6-8-16)10-17(20)18-22-21-14-23(18)3/h4-8,14-15,17H,9-13H2,1-3H3. The zero-order valence-corrected chi connectivity index (χ0v) is 15.8. The molecule has 2 saturated heterocycles. The van der Waals surface area contributed by atoms with Crippen molar-refractivity contribution < 1.29 is 4.79 Å². The van der Waals surface area contributed by atoms with Crippen molar-refractivity contribution in [3.63, 3.8) is 0 Å². The number of nitrogens with zero attached hydrogens (tertiary/aromatic N) is 5. The molecule has 4 rings (SSSR count). The highest BCUT2D eigenvalue weighted by atomic mass is 16.2. The summed E-state index contributed by atoms with van der Waals surface area (Å²) in [5, 5.41) is 8.50. The van der Waals surface area contributed by atoms with Crippen LogP contribution in [-0.2, 0) is 18.4 Å². The summed E-state index contributed by atoms with van der Waals surface area (Å²) in [6.07, 6.45) is 1.78. The maximum Gasteiger partial charge on any atom is 0.225 e. The Kier molecular flexibility index (Phi) is 4.31. The predicted octanol–water partition coefficient (Wildman–Crippen LogP) is 1.90. The SMILES string of the molecule is CC(C)C(=O)N1CC2(CN(Cc3ccccc3)CC2c2nncn2C)C1. The summed E-state index contributed by atoms with van der Waals surface area (Å²) in [6, 6.07) is 10.6. The lowest BCUT2D eigenvalue weighted by Gasteiger charge is -2.51. The van der Waals surface area contributed by atoms with Gasteiger partial charge in [-0.3, -0.25) is 9.69 Å². The number of likely N-dealkylation sites (tertiary alicyclic amines) is 2. The molecule has 1 atom stereocenters. The van der Waals surface area contributed by atoms with Crippen molar-refractivity contribution in [2.24, 2.45) is 18.4 Å². The van der Waals surface area contributed by atoms with E-state index in [0.29, 0.717) is 5.92 Å². The molecule has 0 saturated carbocycles. The molecule has 6 heteroatoms. The van der Waals surface area contributed by atoms with Gasteiger partial charge in [-0.1, -0.05) is 44.2 Å². The first-order valence-electron chi connectivity index (χ1n) is 9.37. The molecule has 1 spiro atoms. The lowest BCUT2D eigenvalue weighted by atomic mass is 9.71. The van der Waals surface area contributed by atoms with Crippen LogP contribution in [0.2, 0.25) is 0 Å². The summed E-state index contributed by atoms with van der Waals surface area (Å²) >= 11 is 0. The van der Waals surface area contributed by atoms with Crippen LogP contribution in [-0.4, -0.2) is 56.7 Å². The highest BCUT2D eigenvalue weighted by molar-refractivity contribution is 5.79. The minimum atomic E-state index is 0.0578. The zero-order chi connectivity index (χ0) is 18.3. The second-order valence-corrected chi connectivity index (χ2v) is 8.22. The summed E-state index contributed by atoms with van der Waals surface area (Å²) in [5.41, 5.74) is 1.43. The minimum Gasteiger partial charge on any atom is -0.341 e. The third-order valence-corrected chi connectivity index (χ3v) is 5.84. The number of amides is 1. The maximum absolute atomic E-state index is 12.4. The van der Waals surface area contributed by atoms with Crippen LogP contribution in [0, 0.1) is 11.3 Å². The number of carbonyl (C=O) groups excluding carboxylic acids is 1. The lowest BCUT2D eigenvalue weighted by molar-refractivity contribution is -0.147. The molecule has 1 amide bonds. The van der Waals surface area contributed by atoms with Gasteiger partial charge in [-0.25, -0.2) is 0 Å². The number of hydrogen-bond donors (Lipinski definition) is 0. The first-order valence-corrected chi connectivity index (χ1v) is 9.37. The Morgan fingerprint density at radius 3 is 2.58 bits per heavy atom. The molecular formula is C20H27N5O. The topological polar surface area (TPSA) is 54.3 Å². The number of hydrogen-bond acceptors (Lipinski definition) is 4. The van der Waals surface area contributed by atoms with Crippen LogP contribution >= 0.6 is 0 Å². The second-order valence-electron chi connectivity index (χ2n) is 8.22. The first kappa shape index (κ1) is 17.2. The molecule has 1 aromatic heterocycles. The van der Waals surface area contributed by atoms with Gasteiger partial charge in [0.25, 0.3) is 0 Å². The van der Waals surface area contributed by atoms with E-state index in [9.17, 15) is 4.79 Å². The molecule has 26 heavy (non-hydrogen) atoms. The van der Waals surface area contributed by atoms with Crippen LogP contribution in [0.1, 0.15) is 31.2 Å². The van der Waals surface area contributed by atoms with Gasteiger partial charge in [-0.2, -0.15) is 0 Å². The number of rotatable bonds is 4. The molecule has 138 valence electrons. The van der Waals surface area contributed by atoms with Gasteiger partial charge in [0.1, 0.15) is 12.2 Å². The van der Waals surface area contributed by atoms with Gasteiger partial charge in [-0.05, 0) is 5.56 Å². The average molecular weight is 353 g/mol. The maximum atomic E-state index is 12.4. The van der Waals surface area contributed by atoms with Crippen LogP contribution in [0.5, 0.6) is 0 Å². The molecule has 6 nitrogen and oxygen atoms in total. The Morgan fingerprint density at radius 2 is 1.96 bits per heavy atom. The van der Waals surface area contributed by atoms with Crippen LogP contribution in [0.15, 0.2) is 36.7 Å². The number of benzene rings is 1. The molecule has 1 unspecified atom stereocenters. The molecule has 3 heterocycles. The Labute approximate surface area is 154 Å². The highest BCUT2D eigenvalue weighted by Gasteiger charge is 2.57. The average Bonchev–Trinajstić information content (AvgIpc) is 3.17. The van der Waals surface area contributed by atoms with Gasteiger partial charge < -0.3 is 9.47 Å². The fraction of sp³-hybridized carbons (Fsp3) is 0.550. The van der Waals surface area contributed by atoms with Gasteiger partial charge in [0, 0.05) is 57.0 Å². The van der Waals surface area contributed by atoms with E-state index in [0.717, 1.165) is 38.5 Å². The molecule has 1 aromatic carbocycles. The van der Waals surface area contributed by atoms with E-state index < -0.39 is 0 Å². The van der Waals surface area contributed by atoms with Crippen LogP contribution in [0.25, 0.3) is 0 Å². The molecule has 2 aliphatic heterocycles. The Balaban J connectivity index is 1.55. The number of aromatic nitrogens is 3. The van der Waals surface area contributed by atoms with Crippen LogP contribution in [0.3, 0.4) is 0 Å². The summed E-state index contributed by atoms with van der Waals surface area (Å²) < 4.78 is 2.03. The Morgan fingerprint density at radius 1 is 1.23 bits per heavy atom. The van der Waals surface area contributed by atoms with Crippen molar-refractivity contribution in [3.8, 4) is 0 Å². The first-order chi connectivity index (χ1) is 12.5. The fourth-order valence-corrected chi connectivity index (χ4v) is 4.55. The van der Waals surface area contributed by atoms with Gasteiger partial charge >= 0.3 is 0 Å². The van der Waals surface area contributed by atoms with E-state index in [4.69, 9.17) is 0 Å². The molecule has 0 N–H and O–H groups in total. The molecule has 2 aliphatic rings. The zero-order valence-electron chi connectivity index (χ0n) is 15.8. The van der Waals surface area contributed by atoms with Crippen molar-refractivity contribution in [3.05, 3.63) is 48.0 Å². The van der Waals surface area contributed by atoms with Gasteiger partial charge in [-0.15, -0.1) is 10.2 Å². The van der Waals surface area contributed by atoms with Gasteiger partial charge in [0.05, 0.1) is 0 Å². The monoisotopic (exact) mass is 353 g/mol. The molecule has 0 bridgehead atoms. The van der Waals surface area contributed by atoms with Gasteiger partial charge in [0.15, 0.2) is 0 Å². The minimum absolute atomic E-state index is 0.0578. The fourth-order valence-electron chi connectivity index (χ4n) is 4.55.